The molecule has 0 bridgehead atoms. The van der Waals surface area contributed by atoms with Crippen molar-refractivity contribution in [1.82, 2.24) is 9.47 Å². The molecule has 124 valence electrons. The minimum atomic E-state index is -0.433. The highest BCUT2D eigenvalue weighted by atomic mass is 16.5. The van der Waals surface area contributed by atoms with E-state index in [-0.39, 0.29) is 12.4 Å². The standard InChI is InChI=1S/C16H26N2O4/c1-12-4-3-5-17(9-12)10-14-16(21)15(20)8-13(11-19)18(14)6-7-22-2/h8,12,19,21H,3-7,9-11H2,1-2H3. The minimum Gasteiger partial charge on any atom is -0.503 e. The fraction of sp³-hybridized carbons (Fsp3) is 0.688. The Morgan fingerprint density at radius 2 is 2.23 bits per heavy atom. The third-order valence-electron chi connectivity index (χ3n) is 4.27. The second kappa shape index (κ2) is 7.76. The lowest BCUT2D eigenvalue weighted by atomic mass is 10.00. The first-order valence-electron chi connectivity index (χ1n) is 7.83. The van der Waals surface area contributed by atoms with E-state index in [0.717, 1.165) is 19.5 Å². The van der Waals surface area contributed by atoms with E-state index in [1.165, 1.54) is 12.5 Å². The third kappa shape index (κ3) is 3.88. The van der Waals surface area contributed by atoms with E-state index in [1.807, 2.05) is 0 Å². The largest absolute Gasteiger partial charge is 0.503 e. The molecule has 0 aliphatic carbocycles. The van der Waals surface area contributed by atoms with Crippen molar-refractivity contribution < 1.29 is 14.9 Å². The summed E-state index contributed by atoms with van der Waals surface area (Å²) in [4.78, 5) is 14.2. The van der Waals surface area contributed by atoms with Gasteiger partial charge in [0.05, 0.1) is 18.9 Å². The van der Waals surface area contributed by atoms with Crippen molar-refractivity contribution in [2.24, 2.45) is 5.92 Å². The summed E-state index contributed by atoms with van der Waals surface area (Å²) >= 11 is 0. The third-order valence-corrected chi connectivity index (χ3v) is 4.27. The average molecular weight is 310 g/mol. The normalized spacial score (nSPS) is 19.5. The molecule has 1 atom stereocenters. The van der Waals surface area contributed by atoms with E-state index in [9.17, 15) is 15.0 Å². The van der Waals surface area contributed by atoms with Crippen molar-refractivity contribution in [3.63, 3.8) is 0 Å². The second-order valence-corrected chi connectivity index (χ2v) is 6.08. The maximum atomic E-state index is 11.9. The Morgan fingerprint density at radius 1 is 1.45 bits per heavy atom. The number of pyridine rings is 1. The van der Waals surface area contributed by atoms with E-state index in [0.29, 0.717) is 37.0 Å². The molecule has 22 heavy (non-hydrogen) atoms. The number of piperidine rings is 1. The van der Waals surface area contributed by atoms with Crippen LogP contribution in [0.5, 0.6) is 5.75 Å². The highest BCUT2D eigenvalue weighted by Gasteiger charge is 2.21. The number of aromatic hydroxyl groups is 1. The number of aliphatic hydroxyl groups excluding tert-OH is 1. The van der Waals surface area contributed by atoms with Crippen LogP contribution in [0.4, 0.5) is 0 Å². The van der Waals surface area contributed by atoms with Gasteiger partial charge in [-0.05, 0) is 25.3 Å². The first-order chi connectivity index (χ1) is 10.6. The summed E-state index contributed by atoms with van der Waals surface area (Å²) in [6.45, 7) is 5.38. The molecule has 1 aliphatic heterocycles. The molecule has 0 saturated carbocycles. The van der Waals surface area contributed by atoms with E-state index in [1.54, 1.807) is 11.7 Å². The predicted octanol–water partition coefficient (Wildman–Crippen LogP) is 0.924. The maximum Gasteiger partial charge on any atom is 0.223 e. The summed E-state index contributed by atoms with van der Waals surface area (Å²) in [5.74, 6) is 0.405. The van der Waals surface area contributed by atoms with Gasteiger partial charge in [-0.15, -0.1) is 0 Å². The van der Waals surface area contributed by atoms with E-state index >= 15 is 0 Å². The smallest absolute Gasteiger partial charge is 0.223 e. The molecule has 0 spiro atoms. The molecule has 0 radical (unpaired) electrons. The quantitative estimate of drug-likeness (QED) is 0.817. The van der Waals surface area contributed by atoms with E-state index in [4.69, 9.17) is 4.74 Å². The van der Waals surface area contributed by atoms with Gasteiger partial charge < -0.3 is 19.5 Å². The summed E-state index contributed by atoms with van der Waals surface area (Å²) in [6.07, 6.45) is 2.35. The van der Waals surface area contributed by atoms with Crippen LogP contribution in [-0.2, 0) is 24.4 Å². The molecule has 2 rings (SSSR count). The van der Waals surface area contributed by atoms with Gasteiger partial charge >= 0.3 is 0 Å². The van der Waals surface area contributed by atoms with Crippen LogP contribution in [0.25, 0.3) is 0 Å². The molecule has 1 fully saturated rings. The summed E-state index contributed by atoms with van der Waals surface area (Å²) in [6, 6.07) is 1.30. The van der Waals surface area contributed by atoms with Crippen LogP contribution in [0.1, 0.15) is 31.2 Å². The van der Waals surface area contributed by atoms with E-state index < -0.39 is 5.43 Å². The fourth-order valence-electron chi connectivity index (χ4n) is 3.14. The van der Waals surface area contributed by atoms with Crippen molar-refractivity contribution in [2.45, 2.75) is 39.5 Å². The molecule has 2 N–H and O–H groups in total. The fourth-order valence-corrected chi connectivity index (χ4v) is 3.14. The van der Waals surface area contributed by atoms with Gasteiger partial charge in [0.25, 0.3) is 0 Å². The van der Waals surface area contributed by atoms with Crippen LogP contribution in [0.2, 0.25) is 0 Å². The molecule has 1 unspecified atom stereocenters. The zero-order valence-corrected chi connectivity index (χ0v) is 13.4. The number of likely N-dealkylation sites (tertiary alicyclic amines) is 1. The number of aliphatic hydroxyl groups is 1. The first kappa shape index (κ1) is 17.0. The minimum absolute atomic E-state index is 0.216. The molecule has 2 heterocycles. The van der Waals surface area contributed by atoms with Crippen LogP contribution in [-0.4, -0.2) is 46.5 Å². The molecular formula is C16H26N2O4. The molecule has 0 amide bonds. The van der Waals surface area contributed by atoms with Gasteiger partial charge in [0, 0.05) is 38.5 Å². The van der Waals surface area contributed by atoms with Crippen molar-refractivity contribution >= 4 is 0 Å². The summed E-state index contributed by atoms with van der Waals surface area (Å²) in [5.41, 5.74) is 0.653. The van der Waals surface area contributed by atoms with Crippen LogP contribution in [0.15, 0.2) is 10.9 Å². The van der Waals surface area contributed by atoms with Crippen LogP contribution in [0.3, 0.4) is 0 Å². The molecule has 1 aliphatic rings. The first-order valence-corrected chi connectivity index (χ1v) is 7.83. The average Bonchev–Trinajstić information content (AvgIpc) is 2.50. The Hall–Kier alpha value is -1.37. The van der Waals surface area contributed by atoms with Gasteiger partial charge in [-0.3, -0.25) is 9.69 Å². The van der Waals surface area contributed by atoms with Crippen LogP contribution < -0.4 is 5.43 Å². The number of methoxy groups -OCH3 is 1. The van der Waals surface area contributed by atoms with E-state index in [2.05, 4.69) is 11.8 Å². The Balaban J connectivity index is 2.33. The number of nitrogens with zero attached hydrogens (tertiary/aromatic N) is 2. The number of hydrogen-bond donors (Lipinski definition) is 2. The highest BCUT2D eigenvalue weighted by molar-refractivity contribution is 5.30. The van der Waals surface area contributed by atoms with Crippen molar-refractivity contribution in [2.75, 3.05) is 26.8 Å². The molecular weight excluding hydrogens is 284 g/mol. The Kier molecular flexibility index (Phi) is 5.99. The molecule has 1 aromatic rings. The Labute approximate surface area is 130 Å². The van der Waals surface area contributed by atoms with Gasteiger partial charge in [0.2, 0.25) is 5.43 Å². The zero-order chi connectivity index (χ0) is 16.1. The number of rotatable bonds is 6. The molecule has 6 nitrogen and oxygen atoms in total. The Bertz CT molecular complexity index is 556. The van der Waals surface area contributed by atoms with Crippen molar-refractivity contribution in [3.8, 4) is 5.75 Å². The van der Waals surface area contributed by atoms with Crippen molar-refractivity contribution in [1.29, 1.82) is 0 Å². The topological polar surface area (TPSA) is 74.9 Å². The summed E-state index contributed by atoms with van der Waals surface area (Å²) < 4.78 is 6.91. The van der Waals surface area contributed by atoms with Crippen LogP contribution >= 0.6 is 0 Å². The number of aromatic nitrogens is 1. The van der Waals surface area contributed by atoms with Gasteiger partial charge in [0.15, 0.2) is 5.75 Å². The monoisotopic (exact) mass is 310 g/mol. The lowest BCUT2D eigenvalue weighted by Gasteiger charge is -2.32. The van der Waals surface area contributed by atoms with Gasteiger partial charge in [-0.1, -0.05) is 6.92 Å². The number of ether oxygens (including phenoxy) is 1. The van der Waals surface area contributed by atoms with Gasteiger partial charge in [0.1, 0.15) is 0 Å². The van der Waals surface area contributed by atoms with Gasteiger partial charge in [-0.2, -0.15) is 0 Å². The zero-order valence-electron chi connectivity index (χ0n) is 13.4. The number of hydrogen-bond acceptors (Lipinski definition) is 5. The maximum absolute atomic E-state index is 11.9. The lowest BCUT2D eigenvalue weighted by Crippen LogP contribution is -2.35. The molecule has 6 heteroatoms. The van der Waals surface area contributed by atoms with Crippen molar-refractivity contribution in [3.05, 3.63) is 27.7 Å². The Morgan fingerprint density at radius 3 is 2.86 bits per heavy atom. The molecule has 1 aromatic heterocycles. The SMILES string of the molecule is COCCn1c(CO)cc(=O)c(O)c1CN1CCCC(C)C1. The summed E-state index contributed by atoms with van der Waals surface area (Å²) in [7, 11) is 1.60. The van der Waals surface area contributed by atoms with Crippen LogP contribution in [0, 0.1) is 5.92 Å². The highest BCUT2D eigenvalue weighted by Crippen LogP contribution is 2.22. The molecule has 1 saturated heterocycles. The predicted molar refractivity (Wildman–Crippen MR) is 83.8 cm³/mol. The second-order valence-electron chi connectivity index (χ2n) is 6.08. The lowest BCUT2D eigenvalue weighted by molar-refractivity contribution is 0.160. The molecule has 0 aromatic carbocycles. The summed E-state index contributed by atoms with van der Waals surface area (Å²) in [5, 5.41) is 19.7. The van der Waals surface area contributed by atoms with Gasteiger partial charge in [-0.25, -0.2) is 0 Å².